The fraction of sp³-hybridized carbons (Fsp3) is 0.565. The average molecular weight is 454 g/mol. The summed E-state index contributed by atoms with van der Waals surface area (Å²) in [6, 6.07) is 4.51. The molecule has 2 aromatic heterocycles. The molecule has 3 heterocycles. The zero-order valence-corrected chi connectivity index (χ0v) is 19.5. The van der Waals surface area contributed by atoms with Crippen molar-refractivity contribution in [3.63, 3.8) is 0 Å². The summed E-state index contributed by atoms with van der Waals surface area (Å²) in [5.41, 5.74) is 2.58. The largest absolute Gasteiger partial charge is 0.456 e. The first kappa shape index (κ1) is 23.0. The summed E-state index contributed by atoms with van der Waals surface area (Å²) in [6.45, 7) is 5.68. The van der Waals surface area contributed by atoms with E-state index >= 15 is 0 Å². The summed E-state index contributed by atoms with van der Waals surface area (Å²) in [5.74, 6) is 0.371. The maximum absolute atomic E-state index is 11.6. The second kappa shape index (κ2) is 9.78. The van der Waals surface area contributed by atoms with E-state index in [-0.39, 0.29) is 18.0 Å². The molecule has 10 heteroatoms. The van der Waals surface area contributed by atoms with Gasteiger partial charge >= 0.3 is 5.97 Å². The summed E-state index contributed by atoms with van der Waals surface area (Å²) < 4.78 is 6.60. The molecule has 176 valence electrons. The molecule has 1 aliphatic carbocycles. The van der Waals surface area contributed by atoms with Crippen molar-refractivity contribution in [2.45, 2.75) is 58.5 Å². The molecule has 1 fully saturated rings. The van der Waals surface area contributed by atoms with Crippen molar-refractivity contribution in [2.75, 3.05) is 20.2 Å². The van der Waals surface area contributed by atoms with Crippen LogP contribution in [0.2, 0.25) is 0 Å². The Labute approximate surface area is 193 Å². The lowest BCUT2D eigenvalue weighted by Crippen LogP contribution is -2.39. The number of esters is 1. The zero-order valence-electron chi connectivity index (χ0n) is 19.5. The van der Waals surface area contributed by atoms with E-state index in [2.05, 4.69) is 45.4 Å². The van der Waals surface area contributed by atoms with Gasteiger partial charge in [-0.05, 0) is 73.5 Å². The van der Waals surface area contributed by atoms with Crippen LogP contribution in [-0.4, -0.2) is 73.6 Å². The van der Waals surface area contributed by atoms with Crippen molar-refractivity contribution in [1.82, 2.24) is 35.0 Å². The Morgan fingerprint density at radius 2 is 2.09 bits per heavy atom. The van der Waals surface area contributed by atoms with Gasteiger partial charge in [-0.25, -0.2) is 9.78 Å². The van der Waals surface area contributed by atoms with Gasteiger partial charge in [0.2, 0.25) is 6.41 Å². The quantitative estimate of drug-likeness (QED) is 0.420. The highest BCUT2D eigenvalue weighted by molar-refractivity contribution is 5.91. The minimum atomic E-state index is -0.327. The Bertz CT molecular complexity index is 996. The predicted octanol–water partition coefficient (Wildman–Crippen LogP) is 2.12. The number of pyridine rings is 1. The lowest BCUT2D eigenvalue weighted by Gasteiger charge is -2.41. The first-order valence-electron chi connectivity index (χ1n) is 11.4. The van der Waals surface area contributed by atoms with Crippen LogP contribution in [0.1, 0.15) is 51.5 Å². The fourth-order valence-corrected chi connectivity index (χ4v) is 4.73. The van der Waals surface area contributed by atoms with Crippen LogP contribution in [0.15, 0.2) is 35.9 Å². The molecular formula is C23H31N7O3. The topological polar surface area (TPSA) is 106 Å². The molecule has 2 aliphatic rings. The number of tetrazole rings is 1. The molecule has 1 aliphatic heterocycles. The van der Waals surface area contributed by atoms with Crippen LogP contribution in [0.3, 0.4) is 0 Å². The van der Waals surface area contributed by atoms with Crippen LogP contribution in [0, 0.1) is 5.41 Å². The van der Waals surface area contributed by atoms with Crippen molar-refractivity contribution in [3.8, 4) is 5.82 Å². The maximum Gasteiger partial charge on any atom is 0.336 e. The Morgan fingerprint density at radius 3 is 2.67 bits per heavy atom. The fourth-order valence-electron chi connectivity index (χ4n) is 4.73. The first-order chi connectivity index (χ1) is 15.9. The summed E-state index contributed by atoms with van der Waals surface area (Å²) in [7, 11) is 2.17. The Morgan fingerprint density at radius 1 is 1.30 bits per heavy atom. The van der Waals surface area contributed by atoms with Crippen molar-refractivity contribution >= 4 is 12.4 Å². The number of hydrogen-bond donors (Lipinski definition) is 0. The van der Waals surface area contributed by atoms with Crippen molar-refractivity contribution in [1.29, 1.82) is 0 Å². The summed E-state index contributed by atoms with van der Waals surface area (Å²) in [4.78, 5) is 31.8. The molecule has 0 saturated heterocycles. The lowest BCUT2D eigenvalue weighted by molar-refractivity contribution is -0.136. The van der Waals surface area contributed by atoms with E-state index in [1.54, 1.807) is 11.8 Å². The van der Waals surface area contributed by atoms with Gasteiger partial charge in [-0.3, -0.25) is 9.69 Å². The summed E-state index contributed by atoms with van der Waals surface area (Å²) in [6.07, 6.45) is 9.60. The highest BCUT2D eigenvalue weighted by Gasteiger charge is 2.34. The van der Waals surface area contributed by atoms with Gasteiger partial charge < -0.3 is 9.64 Å². The second-order valence-electron chi connectivity index (χ2n) is 9.43. The minimum absolute atomic E-state index is 0.186. The molecule has 1 amide bonds. The molecule has 0 spiro atoms. The molecule has 0 N–H and O–H groups in total. The van der Waals surface area contributed by atoms with E-state index in [9.17, 15) is 9.59 Å². The van der Waals surface area contributed by atoms with Gasteiger partial charge in [-0.1, -0.05) is 13.0 Å². The van der Waals surface area contributed by atoms with E-state index < -0.39 is 0 Å². The van der Waals surface area contributed by atoms with Crippen molar-refractivity contribution in [3.05, 3.63) is 41.5 Å². The summed E-state index contributed by atoms with van der Waals surface area (Å²) in [5, 5.41) is 11.1. The molecule has 4 rings (SSSR count). The lowest BCUT2D eigenvalue weighted by atomic mass is 9.71. The van der Waals surface area contributed by atoms with E-state index in [1.807, 2.05) is 12.3 Å². The van der Waals surface area contributed by atoms with Gasteiger partial charge in [0.05, 0.1) is 11.3 Å². The number of ether oxygens (including phenoxy) is 1. The van der Waals surface area contributed by atoms with Gasteiger partial charge in [0.15, 0.2) is 5.82 Å². The highest BCUT2D eigenvalue weighted by atomic mass is 16.5. The second-order valence-corrected chi connectivity index (χ2v) is 9.43. The maximum atomic E-state index is 11.6. The third kappa shape index (κ3) is 5.27. The van der Waals surface area contributed by atoms with Gasteiger partial charge in [0, 0.05) is 25.3 Å². The zero-order chi connectivity index (χ0) is 23.4. The number of carbonyl (C=O) groups is 2. The minimum Gasteiger partial charge on any atom is -0.456 e. The smallest absolute Gasteiger partial charge is 0.336 e. The summed E-state index contributed by atoms with van der Waals surface area (Å²) >= 11 is 0. The molecule has 0 atom stereocenters. The molecule has 0 unspecified atom stereocenters. The molecule has 2 aromatic rings. The van der Waals surface area contributed by atoms with E-state index in [0.29, 0.717) is 29.7 Å². The molecule has 0 bridgehead atoms. The number of rotatable bonds is 9. The van der Waals surface area contributed by atoms with Gasteiger partial charge in [0.25, 0.3) is 0 Å². The molecule has 33 heavy (non-hydrogen) atoms. The number of cyclic esters (lactones) is 1. The molecule has 0 radical (unpaired) electrons. The Kier molecular flexibility index (Phi) is 6.83. The standard InChI is InChI=1S/C23H31N7O3/c1-17-20(14-33-22(17)32)29(16-31)11-10-23(2)8-6-19(7-9-23)28(3)13-18-4-5-21(24-12-18)30-15-25-26-27-30/h4-5,12,15-16,19H,6-11,13-14H2,1-3H3/t19-,23-. The monoisotopic (exact) mass is 453 g/mol. The number of nitrogens with zero attached hydrogens (tertiary/aromatic N) is 7. The van der Waals surface area contributed by atoms with Gasteiger partial charge in [-0.2, -0.15) is 4.68 Å². The normalized spacial score (nSPS) is 23.2. The molecule has 0 aromatic carbocycles. The van der Waals surface area contributed by atoms with E-state index in [1.165, 1.54) is 11.0 Å². The van der Waals surface area contributed by atoms with Gasteiger partial charge in [0.1, 0.15) is 12.9 Å². The van der Waals surface area contributed by atoms with Crippen molar-refractivity contribution < 1.29 is 14.3 Å². The van der Waals surface area contributed by atoms with Crippen LogP contribution in [0.5, 0.6) is 0 Å². The van der Waals surface area contributed by atoms with E-state index in [0.717, 1.165) is 50.6 Å². The van der Waals surface area contributed by atoms with Crippen molar-refractivity contribution in [2.24, 2.45) is 5.41 Å². The van der Waals surface area contributed by atoms with Crippen LogP contribution in [-0.2, 0) is 20.9 Å². The SMILES string of the molecule is CC1=C(N(C=O)CC[C@]2(C)CC[C@@H](N(C)Cc3ccc(-n4cnnn4)nc3)CC2)COC1=O. The first-order valence-corrected chi connectivity index (χ1v) is 11.4. The number of carbonyl (C=O) groups excluding carboxylic acids is 2. The van der Waals surface area contributed by atoms with Gasteiger partial charge in [-0.15, -0.1) is 5.10 Å². The molecular weight excluding hydrogens is 422 g/mol. The average Bonchev–Trinajstić information content (AvgIpc) is 3.47. The number of amides is 1. The number of aromatic nitrogens is 5. The Hall–Kier alpha value is -3.14. The molecule has 10 nitrogen and oxygen atoms in total. The van der Waals surface area contributed by atoms with Crippen LogP contribution in [0.4, 0.5) is 0 Å². The predicted molar refractivity (Wildman–Crippen MR) is 120 cm³/mol. The number of hydrogen-bond acceptors (Lipinski definition) is 8. The van der Waals surface area contributed by atoms with Crippen LogP contribution in [0.25, 0.3) is 5.82 Å². The van der Waals surface area contributed by atoms with Crippen LogP contribution >= 0.6 is 0 Å². The third-order valence-corrected chi connectivity index (χ3v) is 7.12. The van der Waals surface area contributed by atoms with Crippen LogP contribution < -0.4 is 0 Å². The molecule has 1 saturated carbocycles. The van der Waals surface area contributed by atoms with E-state index in [4.69, 9.17) is 4.74 Å². The third-order valence-electron chi connectivity index (χ3n) is 7.12. The highest BCUT2D eigenvalue weighted by Crippen LogP contribution is 2.40. The Balaban J connectivity index is 1.27.